The summed E-state index contributed by atoms with van der Waals surface area (Å²) in [7, 11) is 1.45. The van der Waals surface area contributed by atoms with Gasteiger partial charge in [0.25, 0.3) is 0 Å². The molecule has 1 aromatic heterocycles. The molecule has 2 atom stereocenters. The van der Waals surface area contributed by atoms with E-state index in [2.05, 4.69) is 5.32 Å². The Balaban J connectivity index is 1.64. The molecule has 0 radical (unpaired) electrons. The zero-order valence-corrected chi connectivity index (χ0v) is 20.7. The molecule has 0 saturated heterocycles. The van der Waals surface area contributed by atoms with E-state index < -0.39 is 36.5 Å². The second kappa shape index (κ2) is 12.6. The molecule has 12 heteroatoms. The Labute approximate surface area is 216 Å². The Bertz CT molecular complexity index is 1280. The fraction of sp³-hybridized carbons (Fsp3) is 0.320. The molecule has 2 amide bonds. The van der Waals surface area contributed by atoms with Gasteiger partial charge in [-0.2, -0.15) is 10.1 Å². The van der Waals surface area contributed by atoms with Gasteiger partial charge in [-0.25, -0.2) is 8.78 Å². The number of rotatable bonds is 10. The molecule has 198 valence electrons. The third-order valence-electron chi connectivity index (χ3n) is 5.82. The molecule has 3 rings (SSSR count). The van der Waals surface area contributed by atoms with Crippen LogP contribution in [0.3, 0.4) is 0 Å². The van der Waals surface area contributed by atoms with Crippen LogP contribution in [-0.2, 0) is 16.0 Å². The number of carbonyl (C=O) groups excluding carboxylic acids is 2. The van der Waals surface area contributed by atoms with Gasteiger partial charge in [-0.05, 0) is 48.1 Å². The van der Waals surface area contributed by atoms with Crippen molar-refractivity contribution in [3.63, 3.8) is 0 Å². The lowest BCUT2D eigenvalue weighted by Gasteiger charge is -2.29. The molecule has 1 heterocycles. The van der Waals surface area contributed by atoms with E-state index in [0.717, 1.165) is 0 Å². The second-order valence-corrected chi connectivity index (χ2v) is 8.82. The van der Waals surface area contributed by atoms with E-state index >= 15 is 0 Å². The number of hydrogen-bond acceptors (Lipinski definition) is 6. The highest BCUT2D eigenvalue weighted by molar-refractivity contribution is 6.31. The Morgan fingerprint density at radius 3 is 2.68 bits per heavy atom. The fourth-order valence-electron chi connectivity index (χ4n) is 3.70. The summed E-state index contributed by atoms with van der Waals surface area (Å²) < 4.78 is 33.0. The van der Waals surface area contributed by atoms with Gasteiger partial charge in [-0.3, -0.25) is 4.79 Å². The van der Waals surface area contributed by atoms with Gasteiger partial charge >= 0.3 is 11.9 Å². The highest BCUT2D eigenvalue weighted by atomic mass is 35.5. The summed E-state index contributed by atoms with van der Waals surface area (Å²) in [4.78, 5) is 26.4. The second-order valence-electron chi connectivity index (χ2n) is 8.44. The minimum atomic E-state index is -1.18. The third-order valence-corrected chi connectivity index (χ3v) is 6.25. The van der Waals surface area contributed by atoms with Crippen molar-refractivity contribution in [3.05, 3.63) is 70.9 Å². The number of pyridine rings is 1. The SMILES string of the molecule is CN(C(=O)CCc1cccc(F)c1Cl)[C@H](COC(=O)Nc1cc2cc(F)ccc2c[n+]1O)C[C@H](O)CO. The van der Waals surface area contributed by atoms with Crippen molar-refractivity contribution >= 4 is 40.2 Å². The molecule has 3 aromatic rings. The van der Waals surface area contributed by atoms with Crippen molar-refractivity contribution in [2.45, 2.75) is 31.4 Å². The van der Waals surface area contributed by atoms with E-state index in [1.165, 1.54) is 54.5 Å². The molecule has 0 bridgehead atoms. The lowest BCUT2D eigenvalue weighted by Crippen LogP contribution is -2.44. The molecule has 0 aliphatic rings. The number of hydrogen-bond donors (Lipinski definition) is 4. The number of halogens is 3. The van der Waals surface area contributed by atoms with Gasteiger partial charge in [0.1, 0.15) is 24.4 Å². The molecule has 37 heavy (non-hydrogen) atoms. The number of anilines is 1. The van der Waals surface area contributed by atoms with Crippen molar-refractivity contribution in [1.29, 1.82) is 0 Å². The Morgan fingerprint density at radius 2 is 1.95 bits per heavy atom. The van der Waals surface area contributed by atoms with E-state index in [0.29, 0.717) is 21.1 Å². The first-order chi connectivity index (χ1) is 17.6. The number of nitrogens with zero attached hydrogens (tertiary/aromatic N) is 2. The molecule has 2 aromatic carbocycles. The van der Waals surface area contributed by atoms with E-state index in [-0.39, 0.29) is 42.6 Å². The topological polar surface area (TPSA) is 123 Å². The van der Waals surface area contributed by atoms with Crippen LogP contribution in [0, 0.1) is 11.6 Å². The maximum absolute atomic E-state index is 13.7. The van der Waals surface area contributed by atoms with Crippen LogP contribution in [0.15, 0.2) is 48.7 Å². The lowest BCUT2D eigenvalue weighted by molar-refractivity contribution is -0.892. The van der Waals surface area contributed by atoms with E-state index in [1.807, 2.05) is 0 Å². The average Bonchev–Trinajstić information content (AvgIpc) is 2.87. The highest BCUT2D eigenvalue weighted by Gasteiger charge is 2.26. The standard InChI is InChI=1S/C25H26ClF2N3O6/c1-30(23(34)8-6-15-3-2-4-21(28)24(15)26)19(11-20(33)13-32)14-37-25(35)29-22-10-17-9-18(27)7-5-16(17)12-31(22)36/h2-5,7,9-10,12,19-20,32-33,36H,6,8,11,13-14H2,1H3/p+1/t19-,20-/m0/s1. The summed E-state index contributed by atoms with van der Waals surface area (Å²) in [5.74, 6) is -1.56. The van der Waals surface area contributed by atoms with Gasteiger partial charge in [-0.15, -0.1) is 0 Å². The molecule has 4 N–H and O–H groups in total. The number of aromatic nitrogens is 1. The molecule has 9 nitrogen and oxygen atoms in total. The van der Waals surface area contributed by atoms with Gasteiger partial charge < -0.3 is 25.1 Å². The summed E-state index contributed by atoms with van der Waals surface area (Å²) >= 11 is 5.95. The quantitative estimate of drug-likeness (QED) is 0.232. The molecule has 0 fully saturated rings. The third kappa shape index (κ3) is 7.48. The zero-order chi connectivity index (χ0) is 27.1. The van der Waals surface area contributed by atoms with Crippen LogP contribution < -0.4 is 10.0 Å². The molecule has 0 saturated carbocycles. The molecule has 0 spiro atoms. The summed E-state index contributed by atoms with van der Waals surface area (Å²) in [6.45, 7) is -0.915. The van der Waals surface area contributed by atoms with Crippen LogP contribution in [0.2, 0.25) is 5.02 Å². The number of aliphatic hydroxyl groups excluding tert-OH is 2. The van der Waals surface area contributed by atoms with Gasteiger partial charge in [0, 0.05) is 24.9 Å². The predicted octanol–water partition coefficient (Wildman–Crippen LogP) is 3.05. The maximum Gasteiger partial charge on any atom is 0.505 e. The van der Waals surface area contributed by atoms with Crippen molar-refractivity contribution in [2.24, 2.45) is 0 Å². The minimum Gasteiger partial charge on any atom is -0.429 e. The Morgan fingerprint density at radius 1 is 1.19 bits per heavy atom. The molecular weight excluding hydrogens is 512 g/mol. The number of nitrogens with one attached hydrogen (secondary N) is 1. The highest BCUT2D eigenvalue weighted by Crippen LogP contribution is 2.22. The fourth-order valence-corrected chi connectivity index (χ4v) is 3.92. The first kappa shape index (κ1) is 28.0. The summed E-state index contributed by atoms with van der Waals surface area (Å²) in [5, 5.41) is 32.5. The Hall–Kier alpha value is -3.54. The Kier molecular flexibility index (Phi) is 9.56. The van der Waals surface area contributed by atoms with Crippen LogP contribution in [0.4, 0.5) is 19.4 Å². The van der Waals surface area contributed by atoms with Crippen molar-refractivity contribution in [3.8, 4) is 0 Å². The largest absolute Gasteiger partial charge is 0.505 e. The first-order valence-corrected chi connectivity index (χ1v) is 11.7. The van der Waals surface area contributed by atoms with Crippen LogP contribution in [-0.4, -0.2) is 64.7 Å². The van der Waals surface area contributed by atoms with Crippen molar-refractivity contribution in [1.82, 2.24) is 4.90 Å². The molecule has 0 aliphatic carbocycles. The number of aliphatic hydroxyl groups is 2. The van der Waals surface area contributed by atoms with Gasteiger partial charge in [0.2, 0.25) is 5.91 Å². The van der Waals surface area contributed by atoms with Crippen molar-refractivity contribution in [2.75, 3.05) is 25.6 Å². The smallest absolute Gasteiger partial charge is 0.429 e. The molecule has 0 unspecified atom stereocenters. The summed E-state index contributed by atoms with van der Waals surface area (Å²) in [5.41, 5.74) is 0.457. The van der Waals surface area contributed by atoms with Gasteiger partial charge in [0.15, 0.2) is 0 Å². The van der Waals surface area contributed by atoms with Crippen LogP contribution in [0.1, 0.15) is 18.4 Å². The lowest BCUT2D eigenvalue weighted by atomic mass is 10.1. The number of carbonyl (C=O) groups is 2. The number of amides is 2. The average molecular weight is 539 g/mol. The zero-order valence-electron chi connectivity index (χ0n) is 19.9. The van der Waals surface area contributed by atoms with Crippen molar-refractivity contribution < 1.29 is 43.3 Å². The first-order valence-electron chi connectivity index (χ1n) is 11.3. The van der Waals surface area contributed by atoms with Crippen LogP contribution >= 0.6 is 11.6 Å². The molecule has 0 aliphatic heterocycles. The molecular formula is C25H27ClF2N3O6+. The van der Waals surface area contributed by atoms with E-state index in [4.69, 9.17) is 16.3 Å². The predicted molar refractivity (Wildman–Crippen MR) is 130 cm³/mol. The van der Waals surface area contributed by atoms with E-state index in [9.17, 15) is 33.8 Å². The summed E-state index contributed by atoms with van der Waals surface area (Å²) in [6.07, 6.45) is -0.844. The number of fused-ring (bicyclic) bond motifs is 1. The maximum atomic E-state index is 13.7. The van der Waals surface area contributed by atoms with Crippen LogP contribution in [0.5, 0.6) is 0 Å². The van der Waals surface area contributed by atoms with Crippen LogP contribution in [0.25, 0.3) is 10.8 Å². The van der Waals surface area contributed by atoms with Gasteiger partial charge in [-0.1, -0.05) is 28.5 Å². The number of ether oxygens (including phenoxy) is 1. The number of aryl methyl sites for hydroxylation is 1. The van der Waals surface area contributed by atoms with Gasteiger partial charge in [0.05, 0.1) is 23.8 Å². The summed E-state index contributed by atoms with van der Waals surface area (Å²) in [6, 6.07) is 8.77. The monoisotopic (exact) mass is 538 g/mol. The normalized spacial score (nSPS) is 12.7. The van der Waals surface area contributed by atoms with E-state index in [1.54, 1.807) is 6.07 Å². The number of benzene rings is 2. The number of likely N-dealkylation sites (N-methyl/N-ethyl adjacent to an activating group) is 1. The minimum absolute atomic E-state index is 0.0320.